The molecule has 1 rings (SSSR count). The predicted molar refractivity (Wildman–Crippen MR) is 48.6 cm³/mol. The van der Waals surface area contributed by atoms with Gasteiger partial charge in [0.15, 0.2) is 6.61 Å². The van der Waals surface area contributed by atoms with Crippen molar-refractivity contribution in [3.05, 3.63) is 24.0 Å². The fraction of sp³-hybridized carbons (Fsp3) is 0.444. The van der Waals surface area contributed by atoms with E-state index in [1.165, 1.54) is 12.3 Å². The zero-order chi connectivity index (χ0) is 11.3. The van der Waals surface area contributed by atoms with Gasteiger partial charge in [-0.25, -0.2) is 0 Å². The summed E-state index contributed by atoms with van der Waals surface area (Å²) in [5.74, 6) is 0.118. The molecule has 1 aromatic rings. The minimum atomic E-state index is -4.32. The Kier molecular flexibility index (Phi) is 3.90. The molecule has 0 aliphatic rings. The van der Waals surface area contributed by atoms with Gasteiger partial charge in [-0.05, 0) is 19.2 Å². The van der Waals surface area contributed by atoms with Crippen molar-refractivity contribution in [3.8, 4) is 5.75 Å². The van der Waals surface area contributed by atoms with Crippen LogP contribution in [0, 0.1) is 0 Å². The van der Waals surface area contributed by atoms with Gasteiger partial charge in [-0.1, -0.05) is 0 Å². The SMILES string of the molecule is CNCc1ccc(OCC(F)(F)F)cn1. The molecule has 0 unspecified atom stereocenters. The summed E-state index contributed by atoms with van der Waals surface area (Å²) < 4.78 is 39.9. The van der Waals surface area contributed by atoms with Gasteiger partial charge in [-0.3, -0.25) is 4.98 Å². The van der Waals surface area contributed by atoms with Crippen LogP contribution in [0.1, 0.15) is 5.69 Å². The Labute approximate surface area is 85.3 Å². The fourth-order valence-corrected chi connectivity index (χ4v) is 0.947. The third kappa shape index (κ3) is 4.64. The predicted octanol–water partition coefficient (Wildman–Crippen LogP) is 1.74. The fourth-order valence-electron chi connectivity index (χ4n) is 0.947. The maximum atomic E-state index is 11.8. The zero-order valence-electron chi connectivity index (χ0n) is 8.14. The van der Waals surface area contributed by atoms with E-state index in [9.17, 15) is 13.2 Å². The van der Waals surface area contributed by atoms with Crippen LogP contribution < -0.4 is 10.1 Å². The number of ether oxygens (including phenoxy) is 1. The number of nitrogens with one attached hydrogen (secondary N) is 1. The Morgan fingerprint density at radius 3 is 2.60 bits per heavy atom. The molecule has 0 radical (unpaired) electrons. The van der Waals surface area contributed by atoms with E-state index in [4.69, 9.17) is 0 Å². The van der Waals surface area contributed by atoms with E-state index in [0.29, 0.717) is 6.54 Å². The molecule has 0 aliphatic carbocycles. The average Bonchev–Trinajstić information content (AvgIpc) is 2.16. The summed E-state index contributed by atoms with van der Waals surface area (Å²) in [5, 5.41) is 2.88. The molecule has 0 atom stereocenters. The molecule has 1 aromatic heterocycles. The number of hydrogen-bond acceptors (Lipinski definition) is 3. The highest BCUT2D eigenvalue weighted by Crippen LogP contribution is 2.17. The van der Waals surface area contributed by atoms with E-state index >= 15 is 0 Å². The lowest BCUT2D eigenvalue weighted by Gasteiger charge is -2.08. The minimum absolute atomic E-state index is 0.118. The molecule has 0 aliphatic heterocycles. The van der Waals surface area contributed by atoms with Crippen LogP contribution in [-0.4, -0.2) is 24.8 Å². The highest BCUT2D eigenvalue weighted by Gasteiger charge is 2.28. The molecular formula is C9H11F3N2O. The molecule has 0 aromatic carbocycles. The second-order valence-electron chi connectivity index (χ2n) is 2.92. The van der Waals surface area contributed by atoms with Crippen molar-refractivity contribution < 1.29 is 17.9 Å². The van der Waals surface area contributed by atoms with E-state index in [-0.39, 0.29) is 5.75 Å². The molecule has 0 amide bonds. The number of rotatable bonds is 4. The maximum Gasteiger partial charge on any atom is 0.422 e. The van der Waals surface area contributed by atoms with Gasteiger partial charge < -0.3 is 10.1 Å². The van der Waals surface area contributed by atoms with E-state index < -0.39 is 12.8 Å². The molecule has 6 heteroatoms. The van der Waals surface area contributed by atoms with Crippen LogP contribution in [0.15, 0.2) is 18.3 Å². The smallest absolute Gasteiger partial charge is 0.422 e. The Bertz CT molecular complexity index is 297. The van der Waals surface area contributed by atoms with Gasteiger partial charge in [0.2, 0.25) is 0 Å². The van der Waals surface area contributed by atoms with Crippen LogP contribution >= 0.6 is 0 Å². The summed E-state index contributed by atoms with van der Waals surface area (Å²) in [4.78, 5) is 3.91. The first-order chi connectivity index (χ1) is 7.01. The second-order valence-corrected chi connectivity index (χ2v) is 2.92. The van der Waals surface area contributed by atoms with Crippen LogP contribution in [0.25, 0.3) is 0 Å². The van der Waals surface area contributed by atoms with E-state index in [1.54, 1.807) is 13.1 Å². The van der Waals surface area contributed by atoms with Gasteiger partial charge in [0.05, 0.1) is 11.9 Å². The lowest BCUT2D eigenvalue weighted by molar-refractivity contribution is -0.153. The van der Waals surface area contributed by atoms with Crippen molar-refractivity contribution in [1.29, 1.82) is 0 Å². The van der Waals surface area contributed by atoms with Crippen molar-refractivity contribution in [2.45, 2.75) is 12.7 Å². The summed E-state index contributed by atoms with van der Waals surface area (Å²) in [6.45, 7) is -0.723. The van der Waals surface area contributed by atoms with Crippen molar-refractivity contribution >= 4 is 0 Å². The van der Waals surface area contributed by atoms with Gasteiger partial charge in [0.1, 0.15) is 5.75 Å². The quantitative estimate of drug-likeness (QED) is 0.839. The van der Waals surface area contributed by atoms with Gasteiger partial charge in [-0.2, -0.15) is 13.2 Å². The third-order valence-electron chi connectivity index (χ3n) is 1.56. The summed E-state index contributed by atoms with van der Waals surface area (Å²) in [6, 6.07) is 3.08. The summed E-state index contributed by atoms with van der Waals surface area (Å²) in [6.07, 6.45) is -3.04. The molecule has 84 valence electrons. The second kappa shape index (κ2) is 4.97. The first kappa shape index (κ1) is 11.8. The molecule has 15 heavy (non-hydrogen) atoms. The minimum Gasteiger partial charge on any atom is -0.483 e. The van der Waals surface area contributed by atoms with E-state index in [0.717, 1.165) is 5.69 Å². The van der Waals surface area contributed by atoms with Gasteiger partial charge >= 0.3 is 6.18 Å². The first-order valence-electron chi connectivity index (χ1n) is 4.30. The highest BCUT2D eigenvalue weighted by molar-refractivity contribution is 5.19. The lowest BCUT2D eigenvalue weighted by atomic mass is 10.3. The van der Waals surface area contributed by atoms with Crippen molar-refractivity contribution in [1.82, 2.24) is 10.3 Å². The van der Waals surface area contributed by atoms with Crippen LogP contribution in [-0.2, 0) is 6.54 Å². The Morgan fingerprint density at radius 2 is 2.13 bits per heavy atom. The van der Waals surface area contributed by atoms with Crippen LogP contribution in [0.5, 0.6) is 5.75 Å². The number of alkyl halides is 3. The number of hydrogen-bond donors (Lipinski definition) is 1. The average molecular weight is 220 g/mol. The molecule has 0 bridgehead atoms. The number of halogens is 3. The van der Waals surface area contributed by atoms with Crippen LogP contribution in [0.2, 0.25) is 0 Å². The largest absolute Gasteiger partial charge is 0.483 e. The summed E-state index contributed by atoms with van der Waals surface area (Å²) >= 11 is 0. The molecule has 0 saturated carbocycles. The monoisotopic (exact) mass is 220 g/mol. The van der Waals surface area contributed by atoms with Gasteiger partial charge in [0, 0.05) is 6.54 Å². The van der Waals surface area contributed by atoms with Crippen molar-refractivity contribution in [3.63, 3.8) is 0 Å². The van der Waals surface area contributed by atoms with E-state index in [2.05, 4.69) is 15.0 Å². The summed E-state index contributed by atoms with van der Waals surface area (Å²) in [5.41, 5.74) is 0.747. The molecule has 1 heterocycles. The van der Waals surface area contributed by atoms with E-state index in [1.807, 2.05) is 0 Å². The molecular weight excluding hydrogens is 209 g/mol. The zero-order valence-corrected chi connectivity index (χ0v) is 8.14. The Balaban J connectivity index is 2.50. The lowest BCUT2D eigenvalue weighted by Crippen LogP contribution is -2.19. The van der Waals surface area contributed by atoms with Crippen LogP contribution in [0.4, 0.5) is 13.2 Å². The normalized spacial score (nSPS) is 11.5. The van der Waals surface area contributed by atoms with Gasteiger partial charge in [0.25, 0.3) is 0 Å². The maximum absolute atomic E-state index is 11.8. The molecule has 3 nitrogen and oxygen atoms in total. The molecule has 0 spiro atoms. The number of pyridine rings is 1. The molecule has 0 fully saturated rings. The number of aromatic nitrogens is 1. The Morgan fingerprint density at radius 1 is 1.40 bits per heavy atom. The Hall–Kier alpha value is -1.30. The van der Waals surface area contributed by atoms with Crippen molar-refractivity contribution in [2.24, 2.45) is 0 Å². The first-order valence-corrected chi connectivity index (χ1v) is 4.30. The van der Waals surface area contributed by atoms with Crippen molar-refractivity contribution in [2.75, 3.05) is 13.7 Å². The van der Waals surface area contributed by atoms with Gasteiger partial charge in [-0.15, -0.1) is 0 Å². The standard InChI is InChI=1S/C9H11F3N2O/c1-13-4-7-2-3-8(5-14-7)15-6-9(10,11)12/h2-3,5,13H,4,6H2,1H3. The topological polar surface area (TPSA) is 34.1 Å². The highest BCUT2D eigenvalue weighted by atomic mass is 19.4. The van der Waals surface area contributed by atoms with Crippen LogP contribution in [0.3, 0.4) is 0 Å². The number of nitrogens with zero attached hydrogens (tertiary/aromatic N) is 1. The third-order valence-corrected chi connectivity index (χ3v) is 1.56. The molecule has 1 N–H and O–H groups in total. The molecule has 0 saturated heterocycles. The summed E-state index contributed by atoms with van der Waals surface area (Å²) in [7, 11) is 1.76.